The van der Waals surface area contributed by atoms with E-state index in [9.17, 15) is 9.90 Å². The molecule has 0 saturated carbocycles. The Morgan fingerprint density at radius 3 is 2.40 bits per heavy atom. The molecule has 0 bridgehead atoms. The van der Waals surface area contributed by atoms with Crippen molar-refractivity contribution in [1.82, 2.24) is 4.90 Å². The third-order valence-electron chi connectivity index (χ3n) is 5.48. The first-order chi connectivity index (χ1) is 14.6. The number of benzene rings is 3. The van der Waals surface area contributed by atoms with Gasteiger partial charge in [0.25, 0.3) is 0 Å². The number of piperidine rings is 1. The van der Waals surface area contributed by atoms with Crippen molar-refractivity contribution >= 4 is 21.9 Å². The van der Waals surface area contributed by atoms with Crippen LogP contribution < -0.4 is 4.74 Å². The number of carbonyl (C=O) groups is 1. The zero-order valence-electron chi connectivity index (χ0n) is 16.6. The molecule has 0 aromatic heterocycles. The number of ether oxygens (including phenoxy) is 1. The van der Waals surface area contributed by atoms with Gasteiger partial charge in [-0.25, -0.2) is 0 Å². The van der Waals surface area contributed by atoms with E-state index in [1.807, 2.05) is 54.6 Å². The average Bonchev–Trinajstić information content (AvgIpc) is 2.75. The van der Waals surface area contributed by atoms with E-state index in [4.69, 9.17) is 4.74 Å². The zero-order valence-corrected chi connectivity index (χ0v) is 18.2. The SMILES string of the molecule is O=C(O)C1CCCN(C(c2cccc(Br)c2)c2cccc(Oc3ccccc3)c2)C1. The second kappa shape index (κ2) is 9.45. The molecule has 4 nitrogen and oxygen atoms in total. The Labute approximate surface area is 185 Å². The summed E-state index contributed by atoms with van der Waals surface area (Å²) in [5.74, 6) is 0.508. The van der Waals surface area contributed by atoms with E-state index in [1.165, 1.54) is 0 Å². The van der Waals surface area contributed by atoms with Crippen molar-refractivity contribution in [2.45, 2.75) is 18.9 Å². The summed E-state index contributed by atoms with van der Waals surface area (Å²) in [6.45, 7) is 1.40. The molecule has 3 aromatic carbocycles. The number of hydrogen-bond acceptors (Lipinski definition) is 3. The van der Waals surface area contributed by atoms with Gasteiger partial charge in [-0.2, -0.15) is 0 Å². The summed E-state index contributed by atoms with van der Waals surface area (Å²) in [5, 5.41) is 9.58. The molecule has 154 valence electrons. The van der Waals surface area contributed by atoms with Gasteiger partial charge in [0.05, 0.1) is 12.0 Å². The Morgan fingerprint density at radius 2 is 1.67 bits per heavy atom. The van der Waals surface area contributed by atoms with E-state index >= 15 is 0 Å². The highest BCUT2D eigenvalue weighted by Gasteiger charge is 2.31. The minimum absolute atomic E-state index is 0.0380. The van der Waals surface area contributed by atoms with Crippen LogP contribution in [0.3, 0.4) is 0 Å². The molecule has 2 unspecified atom stereocenters. The number of carboxylic acid groups (broad SMARTS) is 1. The molecule has 2 atom stereocenters. The molecule has 1 heterocycles. The van der Waals surface area contributed by atoms with Crippen molar-refractivity contribution in [3.8, 4) is 11.5 Å². The topological polar surface area (TPSA) is 49.8 Å². The van der Waals surface area contributed by atoms with Crippen molar-refractivity contribution < 1.29 is 14.6 Å². The Balaban J connectivity index is 1.69. The summed E-state index contributed by atoms with van der Waals surface area (Å²) in [5.41, 5.74) is 2.22. The highest BCUT2D eigenvalue weighted by molar-refractivity contribution is 9.10. The van der Waals surface area contributed by atoms with Gasteiger partial charge >= 0.3 is 5.97 Å². The maximum absolute atomic E-state index is 11.7. The highest BCUT2D eigenvalue weighted by atomic mass is 79.9. The molecule has 1 fully saturated rings. The number of rotatable bonds is 6. The van der Waals surface area contributed by atoms with Gasteiger partial charge in [-0.05, 0) is 66.9 Å². The first kappa shape index (κ1) is 20.6. The molecule has 3 aromatic rings. The normalized spacial score (nSPS) is 18.0. The molecule has 5 heteroatoms. The van der Waals surface area contributed by atoms with Crippen LogP contribution in [0.25, 0.3) is 0 Å². The number of para-hydroxylation sites is 1. The second-order valence-corrected chi connectivity index (χ2v) is 8.53. The average molecular weight is 466 g/mol. The molecular weight excluding hydrogens is 442 g/mol. The molecular formula is C25H24BrNO3. The van der Waals surface area contributed by atoms with Gasteiger partial charge in [0.1, 0.15) is 11.5 Å². The van der Waals surface area contributed by atoms with E-state index < -0.39 is 5.97 Å². The van der Waals surface area contributed by atoms with Gasteiger partial charge in [0, 0.05) is 11.0 Å². The maximum atomic E-state index is 11.7. The van der Waals surface area contributed by atoms with Crippen LogP contribution in [-0.4, -0.2) is 29.1 Å². The molecule has 0 radical (unpaired) electrons. The smallest absolute Gasteiger partial charge is 0.307 e. The standard InChI is InChI=1S/C25H24BrNO3/c26-21-10-4-7-18(15-21)24(27-14-6-9-20(17-27)25(28)29)19-8-5-13-23(16-19)30-22-11-2-1-3-12-22/h1-5,7-8,10-13,15-16,20,24H,6,9,14,17H2,(H,28,29). The predicted octanol–water partition coefficient (Wildman–Crippen LogP) is 6.13. The van der Waals surface area contributed by atoms with E-state index in [0.717, 1.165) is 46.5 Å². The first-order valence-corrected chi connectivity index (χ1v) is 10.9. The van der Waals surface area contributed by atoms with Gasteiger partial charge in [-0.15, -0.1) is 0 Å². The van der Waals surface area contributed by atoms with Crippen LogP contribution >= 0.6 is 15.9 Å². The maximum Gasteiger partial charge on any atom is 0.307 e. The zero-order chi connectivity index (χ0) is 20.9. The van der Waals surface area contributed by atoms with Crippen LogP contribution in [0.15, 0.2) is 83.3 Å². The Hall–Kier alpha value is -2.63. The van der Waals surface area contributed by atoms with Gasteiger partial charge < -0.3 is 9.84 Å². The lowest BCUT2D eigenvalue weighted by Crippen LogP contribution is -2.41. The quantitative estimate of drug-likeness (QED) is 0.475. The van der Waals surface area contributed by atoms with Crippen LogP contribution in [-0.2, 0) is 4.79 Å². The molecule has 0 aliphatic carbocycles. The van der Waals surface area contributed by atoms with Crippen molar-refractivity contribution in [3.63, 3.8) is 0 Å². The van der Waals surface area contributed by atoms with Crippen LogP contribution in [0.4, 0.5) is 0 Å². The van der Waals surface area contributed by atoms with E-state index in [0.29, 0.717) is 6.54 Å². The van der Waals surface area contributed by atoms with E-state index in [2.05, 4.69) is 45.1 Å². The summed E-state index contributed by atoms with van der Waals surface area (Å²) < 4.78 is 7.06. The number of hydrogen-bond donors (Lipinski definition) is 1. The third kappa shape index (κ3) is 4.91. The van der Waals surface area contributed by atoms with Crippen molar-refractivity contribution in [1.29, 1.82) is 0 Å². The second-order valence-electron chi connectivity index (χ2n) is 7.62. The molecule has 1 N–H and O–H groups in total. The van der Waals surface area contributed by atoms with E-state index in [-0.39, 0.29) is 12.0 Å². The number of likely N-dealkylation sites (tertiary alicyclic amines) is 1. The van der Waals surface area contributed by atoms with Gasteiger partial charge in [-0.3, -0.25) is 9.69 Å². The number of halogens is 1. The minimum Gasteiger partial charge on any atom is -0.481 e. The van der Waals surface area contributed by atoms with Crippen molar-refractivity contribution in [2.24, 2.45) is 5.92 Å². The largest absolute Gasteiger partial charge is 0.481 e. The Morgan fingerprint density at radius 1 is 0.967 bits per heavy atom. The monoisotopic (exact) mass is 465 g/mol. The predicted molar refractivity (Wildman–Crippen MR) is 121 cm³/mol. The fraction of sp³-hybridized carbons (Fsp3) is 0.240. The Bertz CT molecular complexity index is 1010. The summed E-state index contributed by atoms with van der Waals surface area (Å²) in [6.07, 6.45) is 1.61. The first-order valence-electron chi connectivity index (χ1n) is 10.2. The lowest BCUT2D eigenvalue weighted by Gasteiger charge is -2.37. The lowest BCUT2D eigenvalue weighted by molar-refractivity contribution is -0.143. The van der Waals surface area contributed by atoms with Crippen LogP contribution in [0.2, 0.25) is 0 Å². The van der Waals surface area contributed by atoms with Gasteiger partial charge in [0.15, 0.2) is 0 Å². The van der Waals surface area contributed by atoms with E-state index in [1.54, 1.807) is 0 Å². The molecule has 0 amide bonds. The van der Waals surface area contributed by atoms with Gasteiger partial charge in [0.2, 0.25) is 0 Å². The molecule has 1 aliphatic heterocycles. The number of carboxylic acids is 1. The fourth-order valence-electron chi connectivity index (χ4n) is 4.11. The number of aliphatic carboxylic acids is 1. The summed E-state index contributed by atoms with van der Waals surface area (Å²) in [4.78, 5) is 13.9. The summed E-state index contributed by atoms with van der Waals surface area (Å²) in [6, 6.07) is 26.0. The summed E-state index contributed by atoms with van der Waals surface area (Å²) in [7, 11) is 0. The van der Waals surface area contributed by atoms with Gasteiger partial charge in [-0.1, -0.05) is 58.4 Å². The van der Waals surface area contributed by atoms with Crippen molar-refractivity contribution in [2.75, 3.05) is 13.1 Å². The molecule has 30 heavy (non-hydrogen) atoms. The summed E-state index contributed by atoms with van der Waals surface area (Å²) >= 11 is 3.58. The van der Waals surface area contributed by atoms with Crippen LogP contribution in [0, 0.1) is 5.92 Å². The third-order valence-corrected chi connectivity index (χ3v) is 5.98. The minimum atomic E-state index is -0.714. The molecule has 0 spiro atoms. The highest BCUT2D eigenvalue weighted by Crippen LogP contribution is 2.35. The van der Waals surface area contributed by atoms with Crippen LogP contribution in [0.1, 0.15) is 30.0 Å². The van der Waals surface area contributed by atoms with Crippen LogP contribution in [0.5, 0.6) is 11.5 Å². The Kier molecular flexibility index (Phi) is 6.50. The molecule has 1 saturated heterocycles. The molecule has 1 aliphatic rings. The number of nitrogens with zero attached hydrogens (tertiary/aromatic N) is 1. The molecule has 4 rings (SSSR count). The van der Waals surface area contributed by atoms with Crippen molar-refractivity contribution in [3.05, 3.63) is 94.5 Å². The fourth-order valence-corrected chi connectivity index (χ4v) is 4.52. The lowest BCUT2D eigenvalue weighted by atomic mass is 9.91.